The van der Waals surface area contributed by atoms with Crippen molar-refractivity contribution in [3.8, 4) is 11.5 Å². The predicted octanol–water partition coefficient (Wildman–Crippen LogP) is 1.95. The maximum atomic E-state index is 10.7. The maximum Gasteiger partial charge on any atom is 0.236 e. The van der Waals surface area contributed by atoms with Gasteiger partial charge in [0, 0.05) is 6.92 Å². The highest BCUT2D eigenvalue weighted by Crippen LogP contribution is 2.27. The Balaban J connectivity index is 2.81. The van der Waals surface area contributed by atoms with Crippen molar-refractivity contribution in [3.63, 3.8) is 0 Å². The lowest BCUT2D eigenvalue weighted by Gasteiger charge is -2.10. The molecule has 0 saturated heterocycles. The Morgan fingerprint density at radius 3 is 2.83 bits per heavy atom. The number of ether oxygens (including phenoxy) is 2. The maximum absolute atomic E-state index is 10.7. The van der Waals surface area contributed by atoms with Gasteiger partial charge in [0.25, 0.3) is 0 Å². The molecule has 5 nitrogen and oxygen atoms in total. The number of carbonyl (C=O) groups excluding carboxylic acids is 1. The van der Waals surface area contributed by atoms with Crippen LogP contribution in [0, 0.1) is 0 Å². The van der Waals surface area contributed by atoms with Crippen molar-refractivity contribution in [2.45, 2.75) is 20.3 Å². The molecule has 0 heterocycles. The van der Waals surface area contributed by atoms with Crippen molar-refractivity contribution in [1.82, 2.24) is 5.43 Å². The van der Waals surface area contributed by atoms with Crippen molar-refractivity contribution in [3.05, 3.63) is 23.8 Å². The number of benzene rings is 1. The normalized spacial score (nSPS) is 10.4. The molecule has 0 aliphatic carbocycles. The average Bonchev–Trinajstić information content (AvgIpc) is 2.36. The van der Waals surface area contributed by atoms with Gasteiger partial charge in [0.15, 0.2) is 11.5 Å². The van der Waals surface area contributed by atoms with Gasteiger partial charge in [-0.25, -0.2) is 5.43 Å². The first kappa shape index (κ1) is 14.0. The standard InChI is InChI=1S/C13H18N2O3/c1-4-7-18-13-8-11(5-6-12(13)17-3)9-14-15-10(2)16/h5-6,8-9H,4,7H2,1-3H3,(H,15,16)/b14-9-. The molecule has 18 heavy (non-hydrogen) atoms. The molecule has 0 bridgehead atoms. The summed E-state index contributed by atoms with van der Waals surface area (Å²) in [4.78, 5) is 10.7. The second kappa shape index (κ2) is 7.32. The van der Waals surface area contributed by atoms with Crippen LogP contribution in [0.25, 0.3) is 0 Å². The zero-order valence-corrected chi connectivity index (χ0v) is 10.9. The number of rotatable bonds is 6. The fourth-order valence-electron chi connectivity index (χ4n) is 1.30. The molecule has 0 unspecified atom stereocenters. The van der Waals surface area contributed by atoms with Gasteiger partial charge >= 0.3 is 0 Å². The van der Waals surface area contributed by atoms with Crippen LogP contribution in [0.4, 0.5) is 0 Å². The summed E-state index contributed by atoms with van der Waals surface area (Å²) >= 11 is 0. The highest BCUT2D eigenvalue weighted by atomic mass is 16.5. The van der Waals surface area contributed by atoms with E-state index in [1.54, 1.807) is 19.4 Å². The molecular weight excluding hydrogens is 232 g/mol. The Bertz CT molecular complexity index is 430. The van der Waals surface area contributed by atoms with E-state index in [1.165, 1.54) is 6.92 Å². The number of carbonyl (C=O) groups is 1. The lowest BCUT2D eigenvalue weighted by atomic mass is 10.2. The summed E-state index contributed by atoms with van der Waals surface area (Å²) in [7, 11) is 1.60. The molecule has 0 aliphatic rings. The summed E-state index contributed by atoms with van der Waals surface area (Å²) in [5.74, 6) is 1.15. The van der Waals surface area contributed by atoms with E-state index in [-0.39, 0.29) is 5.91 Å². The van der Waals surface area contributed by atoms with Gasteiger partial charge in [-0.15, -0.1) is 0 Å². The average molecular weight is 250 g/mol. The molecule has 1 N–H and O–H groups in total. The fourth-order valence-corrected chi connectivity index (χ4v) is 1.30. The van der Waals surface area contributed by atoms with E-state index in [2.05, 4.69) is 10.5 Å². The van der Waals surface area contributed by atoms with E-state index in [1.807, 2.05) is 19.1 Å². The lowest BCUT2D eigenvalue weighted by Crippen LogP contribution is -2.12. The number of hydrogen-bond donors (Lipinski definition) is 1. The Morgan fingerprint density at radius 2 is 2.22 bits per heavy atom. The van der Waals surface area contributed by atoms with E-state index in [4.69, 9.17) is 9.47 Å². The molecular formula is C13H18N2O3. The molecule has 0 fully saturated rings. The van der Waals surface area contributed by atoms with Crippen molar-refractivity contribution in [1.29, 1.82) is 0 Å². The minimum atomic E-state index is -0.206. The molecule has 5 heteroatoms. The first-order valence-corrected chi connectivity index (χ1v) is 5.77. The molecule has 0 aromatic heterocycles. The van der Waals surface area contributed by atoms with Crippen LogP contribution in [0.2, 0.25) is 0 Å². The monoisotopic (exact) mass is 250 g/mol. The van der Waals surface area contributed by atoms with Crippen molar-refractivity contribution < 1.29 is 14.3 Å². The lowest BCUT2D eigenvalue weighted by molar-refractivity contribution is -0.118. The van der Waals surface area contributed by atoms with Crippen LogP contribution < -0.4 is 14.9 Å². The molecule has 0 radical (unpaired) electrons. The summed E-state index contributed by atoms with van der Waals surface area (Å²) in [5.41, 5.74) is 3.17. The van der Waals surface area contributed by atoms with Gasteiger partial charge in [0.05, 0.1) is 19.9 Å². The Morgan fingerprint density at radius 1 is 1.44 bits per heavy atom. The van der Waals surface area contributed by atoms with Gasteiger partial charge in [-0.2, -0.15) is 5.10 Å². The van der Waals surface area contributed by atoms with Crippen LogP contribution in [0.3, 0.4) is 0 Å². The quantitative estimate of drug-likeness (QED) is 0.620. The number of hydrazone groups is 1. The van der Waals surface area contributed by atoms with Crippen LogP contribution in [0.1, 0.15) is 25.8 Å². The zero-order valence-electron chi connectivity index (χ0n) is 10.9. The molecule has 1 amide bonds. The van der Waals surface area contributed by atoms with Crippen molar-refractivity contribution in [2.75, 3.05) is 13.7 Å². The van der Waals surface area contributed by atoms with Gasteiger partial charge < -0.3 is 9.47 Å². The zero-order chi connectivity index (χ0) is 13.4. The second-order valence-electron chi connectivity index (χ2n) is 3.68. The topological polar surface area (TPSA) is 59.9 Å². The van der Waals surface area contributed by atoms with Crippen LogP contribution in [-0.2, 0) is 4.79 Å². The number of methoxy groups -OCH3 is 1. The van der Waals surface area contributed by atoms with Gasteiger partial charge in [0.2, 0.25) is 5.91 Å². The number of nitrogens with one attached hydrogen (secondary N) is 1. The van der Waals surface area contributed by atoms with E-state index < -0.39 is 0 Å². The highest BCUT2D eigenvalue weighted by Gasteiger charge is 2.04. The van der Waals surface area contributed by atoms with Crippen molar-refractivity contribution in [2.24, 2.45) is 5.10 Å². The predicted molar refractivity (Wildman–Crippen MR) is 70.2 cm³/mol. The third-order valence-electron chi connectivity index (χ3n) is 2.08. The molecule has 1 aromatic carbocycles. The van der Waals surface area contributed by atoms with Crippen LogP contribution in [0.15, 0.2) is 23.3 Å². The summed E-state index contributed by atoms with van der Waals surface area (Å²) in [6.07, 6.45) is 2.48. The Labute approximate surface area is 107 Å². The van der Waals surface area contributed by atoms with E-state index in [9.17, 15) is 4.79 Å². The Kier molecular flexibility index (Phi) is 5.70. The summed E-state index contributed by atoms with van der Waals surface area (Å²) in [6, 6.07) is 5.46. The summed E-state index contributed by atoms with van der Waals surface area (Å²) < 4.78 is 10.8. The molecule has 0 aliphatic heterocycles. The molecule has 0 saturated carbocycles. The van der Waals surface area contributed by atoms with Crippen LogP contribution in [0.5, 0.6) is 11.5 Å². The fraction of sp³-hybridized carbons (Fsp3) is 0.385. The smallest absolute Gasteiger partial charge is 0.236 e. The molecule has 1 rings (SSSR count). The summed E-state index contributed by atoms with van der Waals surface area (Å²) in [5, 5.41) is 3.80. The molecule has 0 spiro atoms. The number of hydrogen-bond acceptors (Lipinski definition) is 4. The second-order valence-corrected chi connectivity index (χ2v) is 3.68. The van der Waals surface area contributed by atoms with E-state index in [0.29, 0.717) is 18.1 Å². The third kappa shape index (κ3) is 4.45. The minimum Gasteiger partial charge on any atom is -0.493 e. The van der Waals surface area contributed by atoms with E-state index >= 15 is 0 Å². The van der Waals surface area contributed by atoms with Gasteiger partial charge in [-0.3, -0.25) is 4.79 Å². The largest absolute Gasteiger partial charge is 0.493 e. The Hall–Kier alpha value is -2.04. The summed E-state index contributed by atoms with van der Waals surface area (Å²) in [6.45, 7) is 4.07. The minimum absolute atomic E-state index is 0.206. The first-order chi connectivity index (χ1) is 8.67. The SMILES string of the molecule is CCCOc1cc(/C=N\NC(C)=O)ccc1OC. The van der Waals surface area contributed by atoms with E-state index in [0.717, 1.165) is 12.0 Å². The number of amides is 1. The van der Waals surface area contributed by atoms with Crippen LogP contribution in [-0.4, -0.2) is 25.8 Å². The molecule has 98 valence electrons. The molecule has 1 aromatic rings. The first-order valence-electron chi connectivity index (χ1n) is 5.77. The van der Waals surface area contributed by atoms with Gasteiger partial charge in [-0.1, -0.05) is 6.92 Å². The van der Waals surface area contributed by atoms with Crippen LogP contribution >= 0.6 is 0 Å². The van der Waals surface area contributed by atoms with Crippen molar-refractivity contribution >= 4 is 12.1 Å². The van der Waals surface area contributed by atoms with Gasteiger partial charge in [-0.05, 0) is 30.2 Å². The van der Waals surface area contributed by atoms with Gasteiger partial charge in [0.1, 0.15) is 0 Å². The molecule has 0 atom stereocenters. The highest BCUT2D eigenvalue weighted by molar-refractivity contribution is 5.82. The number of nitrogens with zero attached hydrogens (tertiary/aromatic N) is 1. The third-order valence-corrected chi connectivity index (χ3v) is 2.08.